The number of carbonyl (C=O) groups excluding carboxylic acids is 1. The van der Waals surface area contributed by atoms with Gasteiger partial charge in [0, 0.05) is 24.2 Å². The van der Waals surface area contributed by atoms with Gasteiger partial charge in [0.1, 0.15) is 12.4 Å². The number of amides is 1. The summed E-state index contributed by atoms with van der Waals surface area (Å²) in [4.78, 5) is 29.6. The van der Waals surface area contributed by atoms with Crippen LogP contribution in [0.15, 0.2) is 71.6 Å². The van der Waals surface area contributed by atoms with Crippen LogP contribution in [0.4, 0.5) is 11.8 Å². The maximum atomic E-state index is 14.3. The largest absolute Gasteiger partial charge is 0.475 e. The summed E-state index contributed by atoms with van der Waals surface area (Å²) >= 11 is 0. The fourth-order valence-corrected chi connectivity index (χ4v) is 6.42. The molecule has 11 heteroatoms. The molecule has 1 amide bonds. The summed E-state index contributed by atoms with van der Waals surface area (Å²) in [6, 6.07) is 18.8. The minimum Gasteiger partial charge on any atom is -0.475 e. The molecule has 44 heavy (non-hydrogen) atoms. The molecule has 10 nitrogen and oxygen atoms in total. The Bertz CT molecular complexity index is 1780. The molecular formula is C33H38N6O4S. The number of hydrogen-bond donors (Lipinski definition) is 2. The Labute approximate surface area is 259 Å². The maximum Gasteiger partial charge on any atom is 0.264 e. The SMILES string of the molecule is CNc1cccc(CN2C(=O)c3cccc(c3)S(=O)(=O)Nc3nc(cc(-c4c(C)cccc4C)n3)OC[C@H]2CC(C)(C)C)n1. The Balaban J connectivity index is 1.68. The van der Waals surface area contributed by atoms with Crippen LogP contribution in [-0.4, -0.2) is 53.9 Å². The van der Waals surface area contributed by atoms with Gasteiger partial charge >= 0.3 is 0 Å². The van der Waals surface area contributed by atoms with E-state index in [-0.39, 0.29) is 46.8 Å². The first-order valence-electron chi connectivity index (χ1n) is 14.5. The molecule has 1 aliphatic rings. The average Bonchev–Trinajstić information content (AvgIpc) is 2.97. The second-order valence-electron chi connectivity index (χ2n) is 12.2. The van der Waals surface area contributed by atoms with Gasteiger partial charge in [-0.3, -0.25) is 4.79 Å². The molecule has 4 bridgehead atoms. The third kappa shape index (κ3) is 6.99. The number of benzene rings is 2. The van der Waals surface area contributed by atoms with Gasteiger partial charge in [-0.25, -0.2) is 23.1 Å². The Kier molecular flexibility index (Phi) is 8.60. The first kappa shape index (κ1) is 30.9. The summed E-state index contributed by atoms with van der Waals surface area (Å²) < 4.78 is 36.0. The molecule has 0 saturated heterocycles. The predicted octanol–water partition coefficient (Wildman–Crippen LogP) is 5.84. The van der Waals surface area contributed by atoms with Gasteiger partial charge in [-0.15, -0.1) is 0 Å². The van der Waals surface area contributed by atoms with E-state index in [4.69, 9.17) is 4.74 Å². The predicted molar refractivity (Wildman–Crippen MR) is 171 cm³/mol. The standard InChI is InChI=1S/C33H38N6O4S/c1-21-10-7-11-22(2)30(21)27-17-29-37-32(36-27)38-44(41,42)26-14-8-12-23(16-26)31(40)39(25(20-43-29)18-33(3,4)5)19-24-13-9-15-28(34-6)35-24/h7-17,25H,18-20H2,1-6H3,(H,34,35)(H,36,37,38)/t25-/m1/s1. The number of rotatable bonds is 5. The minimum atomic E-state index is -4.15. The topological polar surface area (TPSA) is 126 Å². The Morgan fingerprint density at radius 3 is 2.39 bits per heavy atom. The Morgan fingerprint density at radius 2 is 1.68 bits per heavy atom. The van der Waals surface area contributed by atoms with Crippen molar-refractivity contribution in [1.29, 1.82) is 0 Å². The van der Waals surface area contributed by atoms with Crippen molar-refractivity contribution in [3.63, 3.8) is 0 Å². The second kappa shape index (κ2) is 12.2. The Hall–Kier alpha value is -4.51. The molecule has 2 aromatic heterocycles. The minimum absolute atomic E-state index is 0.0752. The number of anilines is 2. The van der Waals surface area contributed by atoms with Crippen LogP contribution in [0.25, 0.3) is 11.3 Å². The van der Waals surface area contributed by atoms with Crippen molar-refractivity contribution in [2.75, 3.05) is 23.7 Å². The molecule has 1 aliphatic heterocycles. The van der Waals surface area contributed by atoms with Crippen LogP contribution < -0.4 is 14.8 Å². The van der Waals surface area contributed by atoms with Gasteiger partial charge in [-0.1, -0.05) is 51.1 Å². The summed E-state index contributed by atoms with van der Waals surface area (Å²) in [6.07, 6.45) is 0.600. The smallest absolute Gasteiger partial charge is 0.264 e. The van der Waals surface area contributed by atoms with E-state index in [1.165, 1.54) is 12.1 Å². The van der Waals surface area contributed by atoms with Gasteiger partial charge in [0.2, 0.25) is 11.8 Å². The van der Waals surface area contributed by atoms with Crippen LogP contribution in [-0.2, 0) is 16.6 Å². The van der Waals surface area contributed by atoms with E-state index in [0.29, 0.717) is 23.6 Å². The number of carbonyl (C=O) groups is 1. The van der Waals surface area contributed by atoms with Crippen molar-refractivity contribution in [2.45, 2.75) is 58.5 Å². The zero-order valence-electron chi connectivity index (χ0n) is 25.9. The van der Waals surface area contributed by atoms with Gasteiger partial charge in [0.05, 0.1) is 28.9 Å². The van der Waals surface area contributed by atoms with E-state index in [9.17, 15) is 13.2 Å². The van der Waals surface area contributed by atoms with Gasteiger partial charge in [0.15, 0.2) is 0 Å². The van der Waals surface area contributed by atoms with Crippen molar-refractivity contribution < 1.29 is 17.9 Å². The van der Waals surface area contributed by atoms with Crippen LogP contribution in [0.5, 0.6) is 5.88 Å². The molecular weight excluding hydrogens is 576 g/mol. The van der Waals surface area contributed by atoms with Crippen LogP contribution in [0, 0.1) is 19.3 Å². The number of fused-ring (bicyclic) bond motifs is 4. The number of nitrogens with zero attached hydrogens (tertiary/aromatic N) is 4. The van der Waals surface area contributed by atoms with E-state index in [2.05, 4.69) is 45.8 Å². The zero-order chi connectivity index (χ0) is 31.6. The number of ether oxygens (including phenoxy) is 1. The first-order valence-corrected chi connectivity index (χ1v) is 16.0. The number of pyridine rings is 1. The first-order chi connectivity index (χ1) is 20.8. The fraction of sp³-hybridized carbons (Fsp3) is 0.333. The van der Waals surface area contributed by atoms with E-state index in [1.807, 2.05) is 50.2 Å². The lowest BCUT2D eigenvalue weighted by molar-refractivity contribution is 0.0509. The molecule has 0 unspecified atom stereocenters. The molecule has 4 aromatic rings. The molecule has 0 saturated carbocycles. The number of sulfonamides is 1. The summed E-state index contributed by atoms with van der Waals surface area (Å²) in [5, 5.41) is 3.05. The number of nitrogens with one attached hydrogen (secondary N) is 2. The number of hydrogen-bond acceptors (Lipinski definition) is 8. The summed E-state index contributed by atoms with van der Waals surface area (Å²) in [5.74, 6) is 0.428. The molecule has 230 valence electrons. The molecule has 0 fully saturated rings. The molecule has 0 radical (unpaired) electrons. The molecule has 5 rings (SSSR count). The van der Waals surface area contributed by atoms with Crippen LogP contribution in [0.2, 0.25) is 0 Å². The third-order valence-electron chi connectivity index (χ3n) is 7.43. The quantitative estimate of drug-likeness (QED) is 0.287. The van der Waals surface area contributed by atoms with Crippen molar-refractivity contribution in [1.82, 2.24) is 19.9 Å². The van der Waals surface area contributed by atoms with Gasteiger partial charge in [-0.2, -0.15) is 4.98 Å². The lowest BCUT2D eigenvalue weighted by Gasteiger charge is -2.35. The second-order valence-corrected chi connectivity index (χ2v) is 13.9. The summed E-state index contributed by atoms with van der Waals surface area (Å²) in [7, 11) is -2.36. The van der Waals surface area contributed by atoms with Crippen molar-refractivity contribution in [3.05, 3.63) is 89.1 Å². The average molecular weight is 615 g/mol. The van der Waals surface area contributed by atoms with E-state index in [1.54, 1.807) is 30.1 Å². The van der Waals surface area contributed by atoms with E-state index in [0.717, 1.165) is 16.7 Å². The highest BCUT2D eigenvalue weighted by Crippen LogP contribution is 2.31. The van der Waals surface area contributed by atoms with Gasteiger partial charge in [-0.05, 0) is 67.1 Å². The van der Waals surface area contributed by atoms with E-state index >= 15 is 0 Å². The number of aryl methyl sites for hydroxylation is 2. The molecule has 3 heterocycles. The van der Waals surface area contributed by atoms with Crippen LogP contribution in [0.1, 0.15) is 54.4 Å². The molecule has 2 aromatic carbocycles. The van der Waals surface area contributed by atoms with E-state index < -0.39 is 16.1 Å². The highest BCUT2D eigenvalue weighted by atomic mass is 32.2. The van der Waals surface area contributed by atoms with Crippen LogP contribution >= 0.6 is 0 Å². The molecule has 2 N–H and O–H groups in total. The van der Waals surface area contributed by atoms with Crippen LogP contribution in [0.3, 0.4) is 0 Å². The highest BCUT2D eigenvalue weighted by Gasteiger charge is 2.32. The monoisotopic (exact) mass is 614 g/mol. The van der Waals surface area contributed by atoms with Crippen molar-refractivity contribution in [3.8, 4) is 17.1 Å². The third-order valence-corrected chi connectivity index (χ3v) is 8.75. The fourth-order valence-electron chi connectivity index (χ4n) is 5.43. The lowest BCUT2D eigenvalue weighted by atomic mass is 9.87. The summed E-state index contributed by atoms with van der Waals surface area (Å²) in [6.45, 7) is 10.6. The summed E-state index contributed by atoms with van der Waals surface area (Å²) in [5.41, 5.74) is 4.10. The van der Waals surface area contributed by atoms with Crippen molar-refractivity contribution >= 4 is 27.7 Å². The Morgan fingerprint density at radius 1 is 0.977 bits per heavy atom. The number of aromatic nitrogens is 3. The van der Waals surface area contributed by atoms with Gasteiger partial charge < -0.3 is 15.0 Å². The maximum absolute atomic E-state index is 14.3. The highest BCUT2D eigenvalue weighted by molar-refractivity contribution is 7.92. The van der Waals surface area contributed by atoms with Gasteiger partial charge in [0.25, 0.3) is 15.9 Å². The molecule has 0 spiro atoms. The normalized spacial score (nSPS) is 16.5. The van der Waals surface area contributed by atoms with Crippen molar-refractivity contribution in [2.24, 2.45) is 5.41 Å². The zero-order valence-corrected chi connectivity index (χ0v) is 26.7. The molecule has 1 atom stereocenters. The lowest BCUT2D eigenvalue weighted by Crippen LogP contribution is -2.45. The molecule has 0 aliphatic carbocycles.